The minimum absolute atomic E-state index is 0.207. The molecule has 1 fully saturated rings. The molecule has 0 radical (unpaired) electrons. The molecule has 0 bridgehead atoms. The topological polar surface area (TPSA) is 78.9 Å². The second-order valence-corrected chi connectivity index (χ2v) is 4.14. The van der Waals surface area contributed by atoms with E-state index in [0.29, 0.717) is 26.2 Å². The summed E-state index contributed by atoms with van der Waals surface area (Å²) >= 11 is 0. The third-order valence-electron chi connectivity index (χ3n) is 2.68. The molecule has 0 aliphatic carbocycles. The lowest BCUT2D eigenvalue weighted by Gasteiger charge is -2.36. The standard InChI is InChI=1S/C11H20N2O4/c1-2-3-5-17-6-4-12-11(16)13-7-9(8-13)10(14)15/h9H,2-8H2,1H3,(H,12,16)(H,14,15). The number of carboxylic acid groups (broad SMARTS) is 1. The van der Waals surface area contributed by atoms with Crippen LogP contribution in [-0.2, 0) is 9.53 Å². The monoisotopic (exact) mass is 244 g/mol. The molecule has 1 aliphatic rings. The Morgan fingerprint density at radius 2 is 2.12 bits per heavy atom. The van der Waals surface area contributed by atoms with Crippen LogP contribution in [0.3, 0.4) is 0 Å². The summed E-state index contributed by atoms with van der Waals surface area (Å²) in [5.41, 5.74) is 0. The van der Waals surface area contributed by atoms with Gasteiger partial charge in [-0.15, -0.1) is 0 Å². The van der Waals surface area contributed by atoms with Crippen LogP contribution in [0.5, 0.6) is 0 Å². The molecule has 98 valence electrons. The Balaban J connectivity index is 1.98. The summed E-state index contributed by atoms with van der Waals surface area (Å²) < 4.78 is 5.29. The maximum atomic E-state index is 11.4. The molecule has 0 atom stereocenters. The number of nitrogens with zero attached hydrogens (tertiary/aromatic N) is 1. The fourth-order valence-corrected chi connectivity index (χ4v) is 1.49. The normalized spacial score (nSPS) is 15.5. The van der Waals surface area contributed by atoms with Gasteiger partial charge in [0.2, 0.25) is 0 Å². The first-order valence-electron chi connectivity index (χ1n) is 5.98. The number of carbonyl (C=O) groups excluding carboxylic acids is 1. The van der Waals surface area contributed by atoms with Gasteiger partial charge in [-0.1, -0.05) is 13.3 Å². The van der Waals surface area contributed by atoms with Crippen molar-refractivity contribution in [3.05, 3.63) is 0 Å². The number of amides is 2. The van der Waals surface area contributed by atoms with Gasteiger partial charge in [0.15, 0.2) is 0 Å². The summed E-state index contributed by atoms with van der Waals surface area (Å²) in [4.78, 5) is 23.5. The van der Waals surface area contributed by atoms with E-state index in [1.807, 2.05) is 0 Å². The van der Waals surface area contributed by atoms with Crippen LogP contribution in [0.4, 0.5) is 4.79 Å². The number of hydrogen-bond donors (Lipinski definition) is 2. The van der Waals surface area contributed by atoms with Crippen LogP contribution in [-0.4, -0.2) is 54.9 Å². The SMILES string of the molecule is CCCCOCCNC(=O)N1CC(C(=O)O)C1. The minimum Gasteiger partial charge on any atom is -0.481 e. The molecule has 6 heteroatoms. The van der Waals surface area contributed by atoms with Gasteiger partial charge in [0, 0.05) is 26.2 Å². The Labute approximate surface area is 101 Å². The van der Waals surface area contributed by atoms with Crippen LogP contribution in [0, 0.1) is 5.92 Å². The van der Waals surface area contributed by atoms with Crippen LogP contribution in [0.25, 0.3) is 0 Å². The highest BCUT2D eigenvalue weighted by molar-refractivity contribution is 5.79. The number of hydrogen-bond acceptors (Lipinski definition) is 3. The van der Waals surface area contributed by atoms with Crippen molar-refractivity contribution < 1.29 is 19.4 Å². The highest BCUT2D eigenvalue weighted by atomic mass is 16.5. The predicted molar refractivity (Wildman–Crippen MR) is 61.8 cm³/mol. The van der Waals surface area contributed by atoms with Gasteiger partial charge in [-0.3, -0.25) is 4.79 Å². The molecule has 6 nitrogen and oxygen atoms in total. The number of likely N-dealkylation sites (tertiary alicyclic amines) is 1. The van der Waals surface area contributed by atoms with Crippen molar-refractivity contribution in [2.24, 2.45) is 5.92 Å². The van der Waals surface area contributed by atoms with Gasteiger partial charge >= 0.3 is 12.0 Å². The van der Waals surface area contributed by atoms with Crippen LogP contribution in [0.1, 0.15) is 19.8 Å². The molecule has 1 heterocycles. The molecule has 2 amide bonds. The summed E-state index contributed by atoms with van der Waals surface area (Å²) in [6, 6.07) is -0.207. The maximum absolute atomic E-state index is 11.4. The Morgan fingerprint density at radius 1 is 1.41 bits per heavy atom. The number of rotatable bonds is 7. The van der Waals surface area contributed by atoms with Gasteiger partial charge in [0.1, 0.15) is 0 Å². The molecule has 1 saturated heterocycles. The summed E-state index contributed by atoms with van der Waals surface area (Å²) in [6.07, 6.45) is 2.12. The largest absolute Gasteiger partial charge is 0.481 e. The lowest BCUT2D eigenvalue weighted by molar-refractivity contribution is -0.146. The lowest BCUT2D eigenvalue weighted by Crippen LogP contribution is -2.56. The highest BCUT2D eigenvalue weighted by Crippen LogP contribution is 2.14. The zero-order valence-corrected chi connectivity index (χ0v) is 10.1. The second-order valence-electron chi connectivity index (χ2n) is 4.14. The van der Waals surface area contributed by atoms with E-state index in [0.717, 1.165) is 19.4 Å². The average molecular weight is 244 g/mol. The van der Waals surface area contributed by atoms with Crippen molar-refractivity contribution in [3.8, 4) is 0 Å². The van der Waals surface area contributed by atoms with Crippen LogP contribution in [0.15, 0.2) is 0 Å². The van der Waals surface area contributed by atoms with Gasteiger partial charge in [-0.05, 0) is 6.42 Å². The molecule has 0 unspecified atom stereocenters. The summed E-state index contributed by atoms with van der Waals surface area (Å²) in [5, 5.41) is 11.3. The number of urea groups is 1. The van der Waals surface area contributed by atoms with Gasteiger partial charge in [-0.25, -0.2) is 4.79 Å². The van der Waals surface area contributed by atoms with Crippen molar-refractivity contribution in [3.63, 3.8) is 0 Å². The highest BCUT2D eigenvalue weighted by Gasteiger charge is 2.35. The van der Waals surface area contributed by atoms with E-state index in [1.165, 1.54) is 4.90 Å². The fourth-order valence-electron chi connectivity index (χ4n) is 1.49. The van der Waals surface area contributed by atoms with Crippen LogP contribution in [0.2, 0.25) is 0 Å². The van der Waals surface area contributed by atoms with Crippen molar-refractivity contribution in [2.75, 3.05) is 32.8 Å². The van der Waals surface area contributed by atoms with E-state index in [2.05, 4.69) is 12.2 Å². The van der Waals surface area contributed by atoms with Crippen molar-refractivity contribution in [2.45, 2.75) is 19.8 Å². The van der Waals surface area contributed by atoms with Crippen LogP contribution >= 0.6 is 0 Å². The minimum atomic E-state index is -0.836. The Bertz CT molecular complexity index is 264. The second kappa shape index (κ2) is 7.11. The number of carboxylic acids is 1. The molecule has 2 N–H and O–H groups in total. The molecule has 0 aromatic rings. The Morgan fingerprint density at radius 3 is 2.71 bits per heavy atom. The molecular weight excluding hydrogens is 224 g/mol. The molecule has 1 aliphatic heterocycles. The summed E-state index contributed by atoms with van der Waals surface area (Å²) in [7, 11) is 0. The molecule has 0 aromatic heterocycles. The van der Waals surface area contributed by atoms with Crippen molar-refractivity contribution >= 4 is 12.0 Å². The van der Waals surface area contributed by atoms with Gasteiger partial charge in [0.05, 0.1) is 12.5 Å². The molecule has 0 spiro atoms. The van der Waals surface area contributed by atoms with E-state index in [-0.39, 0.29) is 6.03 Å². The predicted octanol–water partition coefficient (Wildman–Crippen LogP) is 0.529. The van der Waals surface area contributed by atoms with Crippen LogP contribution < -0.4 is 5.32 Å². The van der Waals surface area contributed by atoms with Crippen molar-refractivity contribution in [1.82, 2.24) is 10.2 Å². The number of aliphatic carboxylic acids is 1. The smallest absolute Gasteiger partial charge is 0.317 e. The zero-order chi connectivity index (χ0) is 12.7. The van der Waals surface area contributed by atoms with E-state index >= 15 is 0 Å². The Kier molecular flexibility index (Phi) is 5.76. The van der Waals surface area contributed by atoms with Gasteiger partial charge in [0.25, 0.3) is 0 Å². The number of ether oxygens (including phenoxy) is 1. The first kappa shape index (κ1) is 13.8. The third-order valence-corrected chi connectivity index (χ3v) is 2.68. The van der Waals surface area contributed by atoms with E-state index in [1.54, 1.807) is 0 Å². The first-order chi connectivity index (χ1) is 8.15. The van der Waals surface area contributed by atoms with Gasteiger partial charge in [-0.2, -0.15) is 0 Å². The number of carbonyl (C=O) groups is 2. The zero-order valence-electron chi connectivity index (χ0n) is 10.1. The number of nitrogens with one attached hydrogen (secondary N) is 1. The van der Waals surface area contributed by atoms with E-state index in [9.17, 15) is 9.59 Å². The molecule has 1 rings (SSSR count). The Hall–Kier alpha value is -1.30. The lowest BCUT2D eigenvalue weighted by atomic mass is 10.0. The maximum Gasteiger partial charge on any atom is 0.317 e. The molecular formula is C11H20N2O4. The summed E-state index contributed by atoms with van der Waals surface area (Å²) in [6.45, 7) is 4.39. The summed E-state index contributed by atoms with van der Waals surface area (Å²) in [5.74, 6) is -1.24. The molecule has 0 aromatic carbocycles. The molecule has 0 saturated carbocycles. The first-order valence-corrected chi connectivity index (χ1v) is 5.98. The quantitative estimate of drug-likeness (QED) is 0.640. The van der Waals surface area contributed by atoms with E-state index < -0.39 is 11.9 Å². The average Bonchev–Trinajstić information content (AvgIpc) is 2.20. The van der Waals surface area contributed by atoms with Crippen molar-refractivity contribution in [1.29, 1.82) is 0 Å². The molecule has 17 heavy (non-hydrogen) atoms. The number of unbranched alkanes of at least 4 members (excludes halogenated alkanes) is 1. The van der Waals surface area contributed by atoms with E-state index in [4.69, 9.17) is 9.84 Å². The third kappa shape index (κ3) is 4.60. The fraction of sp³-hybridized carbons (Fsp3) is 0.818. The van der Waals surface area contributed by atoms with Gasteiger partial charge < -0.3 is 20.1 Å².